The number of carbonyl (C=O) groups excluding carboxylic acids is 1. The van der Waals surface area contributed by atoms with Gasteiger partial charge in [0.05, 0.1) is 12.5 Å². The number of piperidine rings is 1. The van der Waals surface area contributed by atoms with Gasteiger partial charge in [0.2, 0.25) is 5.91 Å². The van der Waals surface area contributed by atoms with E-state index in [1.165, 1.54) is 0 Å². The summed E-state index contributed by atoms with van der Waals surface area (Å²) in [6.45, 7) is 3.26. The first-order valence-corrected chi connectivity index (χ1v) is 7.41. The van der Waals surface area contributed by atoms with Crippen LogP contribution in [0.1, 0.15) is 19.3 Å². The van der Waals surface area contributed by atoms with Crippen molar-refractivity contribution in [2.75, 3.05) is 33.3 Å². The monoisotopic (exact) mass is 312 g/mol. The molecule has 0 aromatic heterocycles. The highest BCUT2D eigenvalue weighted by Crippen LogP contribution is 2.13. The van der Waals surface area contributed by atoms with Gasteiger partial charge in [-0.1, -0.05) is 18.2 Å². The first kappa shape index (κ1) is 17.8. The smallest absolute Gasteiger partial charge is 0.226 e. The molecule has 1 heterocycles. The van der Waals surface area contributed by atoms with Crippen LogP contribution in [0.5, 0.6) is 5.75 Å². The van der Waals surface area contributed by atoms with Crippen molar-refractivity contribution in [3.8, 4) is 5.75 Å². The van der Waals surface area contributed by atoms with Crippen molar-refractivity contribution in [3.63, 3.8) is 0 Å². The molecule has 1 fully saturated rings. The Morgan fingerprint density at radius 2 is 2.14 bits per heavy atom. The van der Waals surface area contributed by atoms with Crippen molar-refractivity contribution in [3.05, 3.63) is 30.3 Å². The summed E-state index contributed by atoms with van der Waals surface area (Å²) in [6, 6.07) is 9.78. The topological polar surface area (TPSA) is 41.6 Å². The third-order valence-corrected chi connectivity index (χ3v) is 3.67. The summed E-state index contributed by atoms with van der Waals surface area (Å²) in [5.74, 6) is 1.30. The van der Waals surface area contributed by atoms with Gasteiger partial charge in [0.25, 0.3) is 0 Å². The van der Waals surface area contributed by atoms with E-state index in [0.717, 1.165) is 44.6 Å². The maximum absolute atomic E-state index is 12.2. The summed E-state index contributed by atoms with van der Waals surface area (Å²) in [5, 5.41) is 3.29. The van der Waals surface area contributed by atoms with Crippen LogP contribution in [-0.4, -0.2) is 44.1 Å². The van der Waals surface area contributed by atoms with Crippen molar-refractivity contribution >= 4 is 18.3 Å². The zero-order chi connectivity index (χ0) is 14.2. The second-order valence-electron chi connectivity index (χ2n) is 5.32. The van der Waals surface area contributed by atoms with Crippen LogP contribution in [0.3, 0.4) is 0 Å². The molecular weight excluding hydrogens is 288 g/mol. The van der Waals surface area contributed by atoms with E-state index >= 15 is 0 Å². The molecule has 1 aromatic carbocycles. The second-order valence-corrected chi connectivity index (χ2v) is 5.32. The van der Waals surface area contributed by atoms with E-state index < -0.39 is 0 Å². The fraction of sp³-hybridized carbons (Fsp3) is 0.562. The average Bonchev–Trinajstić information content (AvgIpc) is 2.52. The van der Waals surface area contributed by atoms with Gasteiger partial charge in [-0.15, -0.1) is 12.4 Å². The summed E-state index contributed by atoms with van der Waals surface area (Å²) < 4.78 is 5.63. The molecular formula is C16H25ClN2O2. The highest BCUT2D eigenvalue weighted by molar-refractivity contribution is 5.85. The third-order valence-electron chi connectivity index (χ3n) is 3.67. The first-order chi connectivity index (χ1) is 9.77. The highest BCUT2D eigenvalue weighted by Gasteiger charge is 2.23. The lowest BCUT2D eigenvalue weighted by Gasteiger charge is -2.27. The number of nitrogens with zero attached hydrogens (tertiary/aromatic N) is 1. The van der Waals surface area contributed by atoms with Crippen molar-refractivity contribution in [2.45, 2.75) is 19.3 Å². The van der Waals surface area contributed by atoms with Crippen LogP contribution < -0.4 is 10.1 Å². The molecule has 118 valence electrons. The summed E-state index contributed by atoms with van der Waals surface area (Å²) in [4.78, 5) is 14.0. The zero-order valence-corrected chi connectivity index (χ0v) is 13.4. The van der Waals surface area contributed by atoms with E-state index in [-0.39, 0.29) is 24.2 Å². The normalized spacial score (nSPS) is 17.7. The number of nitrogens with one attached hydrogen (secondary N) is 1. The summed E-state index contributed by atoms with van der Waals surface area (Å²) >= 11 is 0. The minimum absolute atomic E-state index is 0. The number of ether oxygens (including phenoxy) is 1. The van der Waals surface area contributed by atoms with Gasteiger partial charge in [-0.2, -0.15) is 0 Å². The number of hydrogen-bond acceptors (Lipinski definition) is 3. The predicted molar refractivity (Wildman–Crippen MR) is 87.0 cm³/mol. The lowest BCUT2D eigenvalue weighted by Crippen LogP contribution is -2.41. The van der Waals surface area contributed by atoms with Crippen molar-refractivity contribution in [1.29, 1.82) is 0 Å². The second kappa shape index (κ2) is 9.64. The standard InChI is InChI=1S/C16H24N2O2.ClH/c1-18(16(19)14-7-5-10-17-13-14)11-6-12-20-15-8-3-2-4-9-15;/h2-4,8-9,14,17H,5-7,10-13H2,1H3;1H. The Bertz CT molecular complexity index is 408. The molecule has 0 radical (unpaired) electrons. The van der Waals surface area contributed by atoms with Gasteiger partial charge in [0.15, 0.2) is 0 Å². The van der Waals surface area contributed by atoms with Gasteiger partial charge in [0, 0.05) is 20.1 Å². The molecule has 21 heavy (non-hydrogen) atoms. The first-order valence-electron chi connectivity index (χ1n) is 7.41. The molecule has 1 unspecified atom stereocenters. The molecule has 1 aliphatic heterocycles. The molecule has 2 rings (SSSR count). The van der Waals surface area contributed by atoms with Gasteiger partial charge < -0.3 is 15.0 Å². The minimum atomic E-state index is 0. The van der Waals surface area contributed by atoms with Crippen LogP contribution in [0.2, 0.25) is 0 Å². The SMILES string of the molecule is CN(CCCOc1ccccc1)C(=O)C1CCCNC1.Cl. The van der Waals surface area contributed by atoms with E-state index in [4.69, 9.17) is 4.74 Å². The highest BCUT2D eigenvalue weighted by atomic mass is 35.5. The molecule has 1 saturated heterocycles. The van der Waals surface area contributed by atoms with Crippen LogP contribution in [0.15, 0.2) is 30.3 Å². The minimum Gasteiger partial charge on any atom is -0.494 e. The number of halogens is 1. The Hall–Kier alpha value is -1.26. The van der Waals surface area contributed by atoms with Crippen LogP contribution in [0.4, 0.5) is 0 Å². The van der Waals surface area contributed by atoms with Gasteiger partial charge in [-0.25, -0.2) is 0 Å². The molecule has 0 aliphatic carbocycles. The van der Waals surface area contributed by atoms with Crippen molar-refractivity contribution < 1.29 is 9.53 Å². The van der Waals surface area contributed by atoms with E-state index in [0.29, 0.717) is 6.61 Å². The average molecular weight is 313 g/mol. The molecule has 1 atom stereocenters. The van der Waals surface area contributed by atoms with E-state index in [9.17, 15) is 4.79 Å². The molecule has 1 N–H and O–H groups in total. The van der Waals surface area contributed by atoms with Crippen molar-refractivity contribution in [2.24, 2.45) is 5.92 Å². The zero-order valence-electron chi connectivity index (χ0n) is 12.6. The number of amides is 1. The molecule has 4 nitrogen and oxygen atoms in total. The largest absolute Gasteiger partial charge is 0.494 e. The number of para-hydroxylation sites is 1. The van der Waals surface area contributed by atoms with Crippen molar-refractivity contribution in [1.82, 2.24) is 10.2 Å². The maximum atomic E-state index is 12.2. The van der Waals surface area contributed by atoms with E-state index in [2.05, 4.69) is 5.32 Å². The quantitative estimate of drug-likeness (QED) is 0.820. The Kier molecular flexibility index (Phi) is 8.16. The lowest BCUT2D eigenvalue weighted by molar-refractivity contribution is -0.134. The van der Waals surface area contributed by atoms with Gasteiger partial charge >= 0.3 is 0 Å². The molecule has 0 bridgehead atoms. The molecule has 0 saturated carbocycles. The fourth-order valence-electron chi connectivity index (χ4n) is 2.49. The third kappa shape index (κ3) is 5.94. The van der Waals surface area contributed by atoms with Gasteiger partial charge in [-0.3, -0.25) is 4.79 Å². The molecule has 5 heteroatoms. The van der Waals surface area contributed by atoms with Crippen LogP contribution in [0.25, 0.3) is 0 Å². The number of hydrogen-bond donors (Lipinski definition) is 1. The molecule has 1 amide bonds. The number of rotatable bonds is 6. The Labute approximate surface area is 133 Å². The summed E-state index contributed by atoms with van der Waals surface area (Å²) in [7, 11) is 1.89. The van der Waals surface area contributed by atoms with Crippen LogP contribution >= 0.6 is 12.4 Å². The van der Waals surface area contributed by atoms with Crippen LogP contribution in [0, 0.1) is 5.92 Å². The Morgan fingerprint density at radius 3 is 2.81 bits per heavy atom. The molecule has 1 aliphatic rings. The fourth-order valence-corrected chi connectivity index (χ4v) is 2.49. The summed E-state index contributed by atoms with van der Waals surface area (Å²) in [5.41, 5.74) is 0. The maximum Gasteiger partial charge on any atom is 0.226 e. The Morgan fingerprint density at radius 1 is 1.38 bits per heavy atom. The predicted octanol–water partition coefficient (Wildman–Crippen LogP) is 2.34. The number of carbonyl (C=O) groups is 1. The lowest BCUT2D eigenvalue weighted by atomic mass is 9.98. The summed E-state index contributed by atoms with van der Waals surface area (Å²) in [6.07, 6.45) is 2.97. The Balaban J connectivity index is 0.00000220. The van der Waals surface area contributed by atoms with Gasteiger partial charge in [-0.05, 0) is 37.9 Å². The van der Waals surface area contributed by atoms with Gasteiger partial charge in [0.1, 0.15) is 5.75 Å². The number of benzene rings is 1. The molecule has 0 spiro atoms. The molecule has 1 aromatic rings. The van der Waals surface area contributed by atoms with Crippen LogP contribution in [-0.2, 0) is 4.79 Å². The van der Waals surface area contributed by atoms with E-state index in [1.807, 2.05) is 42.3 Å². The van der Waals surface area contributed by atoms with E-state index in [1.54, 1.807) is 0 Å².